The molecular weight excluding hydrogens is 260 g/mol. The second-order valence-corrected chi connectivity index (χ2v) is 5.56. The fraction of sp³-hybridized carbons (Fsp3) is 0.625. The molecule has 19 heavy (non-hydrogen) atoms. The minimum Gasteiger partial charge on any atom is -0.353 e. The van der Waals surface area contributed by atoms with Crippen LogP contribution in [0.5, 0.6) is 0 Å². The molecule has 0 bridgehead atoms. The van der Waals surface area contributed by atoms with Crippen molar-refractivity contribution in [3.8, 4) is 0 Å². The highest BCUT2D eigenvalue weighted by Gasteiger charge is 2.18. The third-order valence-electron chi connectivity index (χ3n) is 3.67. The van der Waals surface area contributed by atoms with Crippen molar-refractivity contribution in [3.63, 3.8) is 0 Å². The number of rotatable bonds is 5. The van der Waals surface area contributed by atoms with Crippen molar-refractivity contribution in [2.75, 3.05) is 6.61 Å². The number of hydrogen-bond acceptors (Lipinski definition) is 2. The Kier molecular flexibility index (Phi) is 5.68. The Labute approximate surface area is 121 Å². The zero-order valence-electron chi connectivity index (χ0n) is 11.8. The average molecular weight is 283 g/mol. The van der Waals surface area contributed by atoms with Crippen LogP contribution in [0, 0.1) is 6.92 Å². The van der Waals surface area contributed by atoms with Gasteiger partial charge in [0.2, 0.25) is 0 Å². The van der Waals surface area contributed by atoms with E-state index in [2.05, 4.69) is 32.0 Å². The van der Waals surface area contributed by atoms with Crippen LogP contribution >= 0.6 is 11.6 Å². The first-order valence-corrected chi connectivity index (χ1v) is 7.64. The number of aryl methyl sites for hydroxylation is 1. The van der Waals surface area contributed by atoms with Crippen LogP contribution < -0.4 is 0 Å². The minimum atomic E-state index is -0.0204. The molecule has 0 radical (unpaired) electrons. The number of hydrogen-bond donors (Lipinski definition) is 0. The van der Waals surface area contributed by atoms with E-state index in [4.69, 9.17) is 21.1 Å². The predicted molar refractivity (Wildman–Crippen MR) is 78.6 cm³/mol. The van der Waals surface area contributed by atoms with Gasteiger partial charge in [-0.2, -0.15) is 0 Å². The summed E-state index contributed by atoms with van der Waals surface area (Å²) in [5.41, 5.74) is 3.79. The molecule has 0 spiro atoms. The van der Waals surface area contributed by atoms with Crippen molar-refractivity contribution in [2.24, 2.45) is 0 Å². The van der Waals surface area contributed by atoms with E-state index in [-0.39, 0.29) is 12.4 Å². The van der Waals surface area contributed by atoms with Crippen LogP contribution in [0.1, 0.15) is 42.9 Å². The first-order chi connectivity index (χ1) is 9.20. The molecule has 1 fully saturated rings. The molecular formula is C16H23ClO2. The van der Waals surface area contributed by atoms with Gasteiger partial charge in [0.25, 0.3) is 0 Å². The van der Waals surface area contributed by atoms with Crippen molar-refractivity contribution in [3.05, 3.63) is 34.9 Å². The second kappa shape index (κ2) is 7.28. The molecule has 0 N–H and O–H groups in total. The topological polar surface area (TPSA) is 18.5 Å². The highest BCUT2D eigenvalue weighted by Crippen LogP contribution is 2.21. The van der Waals surface area contributed by atoms with Gasteiger partial charge in [-0.15, -0.1) is 11.6 Å². The average Bonchev–Trinajstić information content (AvgIpc) is 2.40. The molecule has 0 aliphatic carbocycles. The summed E-state index contributed by atoms with van der Waals surface area (Å²) in [6, 6.07) is 6.34. The zero-order valence-corrected chi connectivity index (χ0v) is 12.6. The summed E-state index contributed by atoms with van der Waals surface area (Å²) >= 11 is 6.05. The SMILES string of the molecule is Cc1cccc(CC(C)OC2CCCCO2)c1CCl. The third kappa shape index (κ3) is 4.20. The van der Waals surface area contributed by atoms with Gasteiger partial charge in [-0.25, -0.2) is 0 Å². The van der Waals surface area contributed by atoms with Gasteiger partial charge in [0, 0.05) is 12.5 Å². The Morgan fingerprint density at radius 1 is 1.42 bits per heavy atom. The van der Waals surface area contributed by atoms with Crippen LogP contribution in [0.15, 0.2) is 18.2 Å². The molecule has 1 aliphatic heterocycles. The monoisotopic (exact) mass is 282 g/mol. The van der Waals surface area contributed by atoms with Crippen molar-refractivity contribution in [1.82, 2.24) is 0 Å². The smallest absolute Gasteiger partial charge is 0.157 e. The molecule has 106 valence electrons. The molecule has 1 aromatic carbocycles. The molecule has 2 rings (SSSR count). The third-order valence-corrected chi connectivity index (χ3v) is 3.94. The van der Waals surface area contributed by atoms with Crippen LogP contribution in [-0.2, 0) is 21.8 Å². The molecule has 2 unspecified atom stereocenters. The maximum absolute atomic E-state index is 6.05. The van der Waals surface area contributed by atoms with E-state index in [1.165, 1.54) is 23.1 Å². The first kappa shape index (κ1) is 14.8. The van der Waals surface area contributed by atoms with Crippen molar-refractivity contribution in [1.29, 1.82) is 0 Å². The molecule has 3 heteroatoms. The minimum absolute atomic E-state index is 0.0204. The van der Waals surface area contributed by atoms with Gasteiger partial charge in [-0.05, 0) is 56.2 Å². The fourth-order valence-electron chi connectivity index (χ4n) is 2.58. The van der Waals surface area contributed by atoms with E-state index in [0.29, 0.717) is 5.88 Å². The standard InChI is InChI=1S/C16H23ClO2/c1-12-6-5-7-14(15(12)11-17)10-13(2)19-16-8-3-4-9-18-16/h5-7,13,16H,3-4,8-11H2,1-2H3. The molecule has 1 saturated heterocycles. The second-order valence-electron chi connectivity index (χ2n) is 5.29. The normalized spacial score (nSPS) is 21.3. The highest BCUT2D eigenvalue weighted by atomic mass is 35.5. The number of benzene rings is 1. The molecule has 2 atom stereocenters. The highest BCUT2D eigenvalue weighted by molar-refractivity contribution is 6.17. The van der Waals surface area contributed by atoms with Crippen molar-refractivity contribution >= 4 is 11.6 Å². The van der Waals surface area contributed by atoms with Gasteiger partial charge in [0.05, 0.1) is 6.10 Å². The summed E-state index contributed by atoms with van der Waals surface area (Å²) in [5.74, 6) is 0.564. The van der Waals surface area contributed by atoms with Gasteiger partial charge >= 0.3 is 0 Å². The van der Waals surface area contributed by atoms with E-state index in [1.807, 2.05) is 0 Å². The van der Waals surface area contributed by atoms with Crippen LogP contribution in [0.4, 0.5) is 0 Å². The van der Waals surface area contributed by atoms with Gasteiger partial charge in [0.15, 0.2) is 6.29 Å². The summed E-state index contributed by atoms with van der Waals surface area (Å²) in [4.78, 5) is 0. The van der Waals surface area contributed by atoms with Crippen LogP contribution in [0.3, 0.4) is 0 Å². The van der Waals surface area contributed by atoms with E-state index in [0.717, 1.165) is 25.9 Å². The fourth-order valence-corrected chi connectivity index (χ4v) is 2.96. The zero-order chi connectivity index (χ0) is 13.7. The molecule has 1 heterocycles. The maximum atomic E-state index is 6.05. The molecule has 1 aliphatic rings. The Hall–Kier alpha value is -0.570. The van der Waals surface area contributed by atoms with Gasteiger partial charge < -0.3 is 9.47 Å². The molecule has 1 aromatic rings. The summed E-state index contributed by atoms with van der Waals surface area (Å²) < 4.78 is 11.6. The van der Waals surface area contributed by atoms with Crippen LogP contribution in [0.2, 0.25) is 0 Å². The lowest BCUT2D eigenvalue weighted by Crippen LogP contribution is -2.27. The lowest BCUT2D eigenvalue weighted by molar-refractivity contribution is -0.183. The van der Waals surface area contributed by atoms with Crippen molar-refractivity contribution in [2.45, 2.75) is 57.8 Å². The van der Waals surface area contributed by atoms with Gasteiger partial charge in [-0.1, -0.05) is 18.2 Å². The van der Waals surface area contributed by atoms with E-state index >= 15 is 0 Å². The van der Waals surface area contributed by atoms with Crippen LogP contribution in [0.25, 0.3) is 0 Å². The Morgan fingerprint density at radius 3 is 2.95 bits per heavy atom. The Balaban J connectivity index is 1.94. The lowest BCUT2D eigenvalue weighted by atomic mass is 9.99. The molecule has 0 amide bonds. The van der Waals surface area contributed by atoms with Gasteiger partial charge in [-0.3, -0.25) is 0 Å². The number of halogens is 1. The van der Waals surface area contributed by atoms with Gasteiger partial charge in [0.1, 0.15) is 0 Å². The molecule has 0 aromatic heterocycles. The number of ether oxygens (including phenoxy) is 2. The summed E-state index contributed by atoms with van der Waals surface area (Å²) in [7, 11) is 0. The van der Waals surface area contributed by atoms with E-state index in [9.17, 15) is 0 Å². The predicted octanol–water partition coefficient (Wildman–Crippen LogP) is 4.21. The van der Waals surface area contributed by atoms with E-state index in [1.54, 1.807) is 0 Å². The Bertz CT molecular complexity index is 400. The molecule has 0 saturated carbocycles. The summed E-state index contributed by atoms with van der Waals surface area (Å²) in [6.07, 6.45) is 4.40. The summed E-state index contributed by atoms with van der Waals surface area (Å²) in [6.45, 7) is 5.05. The Morgan fingerprint density at radius 2 is 2.26 bits per heavy atom. The van der Waals surface area contributed by atoms with Crippen LogP contribution in [-0.4, -0.2) is 19.0 Å². The first-order valence-electron chi connectivity index (χ1n) is 7.11. The molecule has 2 nitrogen and oxygen atoms in total. The lowest BCUT2D eigenvalue weighted by Gasteiger charge is -2.26. The van der Waals surface area contributed by atoms with Crippen molar-refractivity contribution < 1.29 is 9.47 Å². The number of alkyl halides is 1. The van der Waals surface area contributed by atoms with E-state index < -0.39 is 0 Å². The quantitative estimate of drug-likeness (QED) is 0.753. The summed E-state index contributed by atoms with van der Waals surface area (Å²) in [5, 5.41) is 0. The largest absolute Gasteiger partial charge is 0.353 e. The maximum Gasteiger partial charge on any atom is 0.157 e.